The fourth-order valence-electron chi connectivity index (χ4n) is 1.89. The Kier molecular flexibility index (Phi) is 3.98. The van der Waals surface area contributed by atoms with Gasteiger partial charge in [0.05, 0.1) is 10.6 Å². The van der Waals surface area contributed by atoms with Crippen molar-refractivity contribution < 1.29 is 4.79 Å². The second-order valence-corrected chi connectivity index (χ2v) is 5.06. The van der Waals surface area contributed by atoms with Crippen LogP contribution in [-0.2, 0) is 5.41 Å². The van der Waals surface area contributed by atoms with Crippen LogP contribution < -0.4 is 5.73 Å². The van der Waals surface area contributed by atoms with Gasteiger partial charge in [0.2, 0.25) is 0 Å². The molecule has 0 aromatic heterocycles. The molecule has 0 spiro atoms. The van der Waals surface area contributed by atoms with Gasteiger partial charge in [0, 0.05) is 0 Å². The van der Waals surface area contributed by atoms with E-state index < -0.39 is 5.91 Å². The van der Waals surface area contributed by atoms with Crippen molar-refractivity contribution in [3.8, 4) is 0 Å². The average Bonchev–Trinajstić information content (AvgIpc) is 2.16. The van der Waals surface area contributed by atoms with Gasteiger partial charge >= 0.3 is 0 Å². The Labute approximate surface area is 102 Å². The third-order valence-electron chi connectivity index (χ3n) is 2.87. The van der Waals surface area contributed by atoms with Crippen LogP contribution in [0, 0.1) is 0 Å². The van der Waals surface area contributed by atoms with Gasteiger partial charge in [-0.05, 0) is 29.5 Å². The Hall–Kier alpha value is -1.02. The Morgan fingerprint density at radius 3 is 2.50 bits per heavy atom. The van der Waals surface area contributed by atoms with E-state index in [2.05, 4.69) is 20.8 Å². The van der Waals surface area contributed by atoms with Gasteiger partial charge in [-0.15, -0.1) is 0 Å². The summed E-state index contributed by atoms with van der Waals surface area (Å²) >= 11 is 5.99. The molecule has 0 unspecified atom stereocenters. The number of nitrogens with one attached hydrogen (secondary N) is 1. The van der Waals surface area contributed by atoms with Crippen molar-refractivity contribution in [2.75, 3.05) is 0 Å². The lowest BCUT2D eigenvalue weighted by Gasteiger charge is -2.25. The lowest BCUT2D eigenvalue weighted by atomic mass is 9.80. The summed E-state index contributed by atoms with van der Waals surface area (Å²) in [7, 11) is 0. The van der Waals surface area contributed by atoms with E-state index >= 15 is 0 Å². The summed E-state index contributed by atoms with van der Waals surface area (Å²) in [5.41, 5.74) is 8.49. The van der Waals surface area contributed by atoms with Gasteiger partial charge in [-0.3, -0.25) is 10.5 Å². The number of carbonyl (C=O) groups is 1. The second kappa shape index (κ2) is 4.88. The van der Waals surface area contributed by atoms with Gasteiger partial charge in [-0.2, -0.15) is 0 Å². The molecule has 1 amide bonds. The summed E-state index contributed by atoms with van der Waals surface area (Å²) in [6.07, 6.45) is 2.17. The highest BCUT2D eigenvalue weighted by atomic mass is 35.5. The molecule has 3 heteroatoms. The van der Waals surface area contributed by atoms with Gasteiger partial charge in [0.15, 0.2) is 0 Å². The number of hydrogen-bond acceptors (Lipinski definition) is 1. The Bertz CT molecular complexity index is 399. The molecule has 1 aromatic carbocycles. The zero-order valence-corrected chi connectivity index (χ0v) is 10.7. The number of hydrogen-bond donors (Lipinski definition) is 0. The highest BCUT2D eigenvalue weighted by Crippen LogP contribution is 2.31. The van der Waals surface area contributed by atoms with E-state index in [-0.39, 0.29) is 11.0 Å². The van der Waals surface area contributed by atoms with Crippen LogP contribution in [0.15, 0.2) is 18.2 Å². The highest BCUT2D eigenvalue weighted by molar-refractivity contribution is 6.33. The fraction of sp³-hybridized carbons (Fsp3) is 0.462. The molecule has 16 heavy (non-hydrogen) atoms. The van der Waals surface area contributed by atoms with Gasteiger partial charge in [0.25, 0.3) is 5.91 Å². The second-order valence-electron chi connectivity index (χ2n) is 4.66. The average molecular weight is 239 g/mol. The topological polar surface area (TPSA) is 40.9 Å². The standard InChI is InChI=1S/C13H17ClNO/c1-4-7-13(2,3)9-5-6-10(12(15)16)11(14)8-9/h5-6,8,15H,4,7H2,1-3H3. The van der Waals surface area contributed by atoms with Gasteiger partial charge in [-0.1, -0.05) is 44.9 Å². The van der Waals surface area contributed by atoms with E-state index in [1.165, 1.54) is 0 Å². The minimum absolute atomic E-state index is 0.0575. The Morgan fingerprint density at radius 2 is 2.06 bits per heavy atom. The number of carbonyl (C=O) groups excluding carboxylic acids is 1. The smallest absolute Gasteiger partial charge is 0.267 e. The van der Waals surface area contributed by atoms with Gasteiger partial charge in [0.1, 0.15) is 0 Å². The third-order valence-corrected chi connectivity index (χ3v) is 3.18. The monoisotopic (exact) mass is 238 g/mol. The molecule has 1 rings (SSSR count). The molecule has 0 heterocycles. The first kappa shape index (κ1) is 13.0. The van der Waals surface area contributed by atoms with E-state index in [1.807, 2.05) is 6.07 Å². The molecule has 0 aliphatic heterocycles. The molecule has 1 N–H and O–H groups in total. The van der Waals surface area contributed by atoms with Crippen molar-refractivity contribution in [2.24, 2.45) is 0 Å². The summed E-state index contributed by atoms with van der Waals surface area (Å²) in [4.78, 5) is 10.9. The molecule has 2 nitrogen and oxygen atoms in total. The van der Waals surface area contributed by atoms with E-state index in [4.69, 9.17) is 17.3 Å². The first-order valence-electron chi connectivity index (χ1n) is 5.44. The van der Waals surface area contributed by atoms with E-state index in [1.54, 1.807) is 12.1 Å². The molecule has 1 aromatic rings. The van der Waals surface area contributed by atoms with Gasteiger partial charge < -0.3 is 0 Å². The quantitative estimate of drug-likeness (QED) is 0.786. The van der Waals surface area contributed by atoms with Crippen molar-refractivity contribution in [1.82, 2.24) is 5.73 Å². The highest BCUT2D eigenvalue weighted by Gasteiger charge is 2.20. The van der Waals surface area contributed by atoms with Crippen LogP contribution >= 0.6 is 11.6 Å². The molecule has 0 aliphatic carbocycles. The maximum Gasteiger partial charge on any atom is 0.271 e. The lowest BCUT2D eigenvalue weighted by Crippen LogP contribution is -2.17. The molecule has 0 aliphatic rings. The molecule has 1 radical (unpaired) electrons. The van der Waals surface area contributed by atoms with Crippen LogP contribution in [0.5, 0.6) is 0 Å². The summed E-state index contributed by atoms with van der Waals surface area (Å²) in [6, 6.07) is 5.34. The fourth-order valence-corrected chi connectivity index (χ4v) is 2.16. The summed E-state index contributed by atoms with van der Waals surface area (Å²) < 4.78 is 0. The van der Waals surface area contributed by atoms with Crippen LogP contribution in [0.4, 0.5) is 0 Å². The Balaban J connectivity index is 3.10. The lowest BCUT2D eigenvalue weighted by molar-refractivity contribution is 0.0992. The maximum absolute atomic E-state index is 10.9. The largest absolute Gasteiger partial charge is 0.271 e. The van der Waals surface area contributed by atoms with Crippen LogP contribution in [0.3, 0.4) is 0 Å². The summed E-state index contributed by atoms with van der Waals surface area (Å²) in [5.74, 6) is -0.732. The van der Waals surface area contributed by atoms with Crippen molar-refractivity contribution in [2.45, 2.75) is 39.0 Å². The van der Waals surface area contributed by atoms with Crippen LogP contribution in [0.1, 0.15) is 49.5 Å². The molecule has 0 bridgehead atoms. The zero-order chi connectivity index (χ0) is 12.3. The van der Waals surface area contributed by atoms with Crippen molar-refractivity contribution >= 4 is 17.5 Å². The first-order valence-corrected chi connectivity index (χ1v) is 5.82. The number of halogens is 1. The molecule has 0 saturated heterocycles. The maximum atomic E-state index is 10.9. The minimum Gasteiger partial charge on any atom is -0.267 e. The summed E-state index contributed by atoms with van der Waals surface area (Å²) in [6.45, 7) is 6.46. The molecule has 0 fully saturated rings. The number of rotatable bonds is 4. The van der Waals surface area contributed by atoms with Crippen LogP contribution in [0.25, 0.3) is 0 Å². The third kappa shape index (κ3) is 2.76. The predicted molar refractivity (Wildman–Crippen MR) is 66.8 cm³/mol. The van der Waals surface area contributed by atoms with Crippen LogP contribution in [0.2, 0.25) is 5.02 Å². The molecule has 87 valence electrons. The SMILES string of the molecule is CCCC(C)(C)c1ccc(C([NH])=O)c(Cl)c1. The number of amides is 1. The molecule has 0 atom stereocenters. The van der Waals surface area contributed by atoms with Crippen molar-refractivity contribution in [3.05, 3.63) is 34.3 Å². The predicted octanol–water partition coefficient (Wildman–Crippen LogP) is 3.84. The van der Waals surface area contributed by atoms with Gasteiger partial charge in [-0.25, -0.2) is 0 Å². The summed E-state index contributed by atoms with van der Waals surface area (Å²) in [5, 5.41) is 0.377. The molecule has 0 saturated carbocycles. The first-order chi connectivity index (χ1) is 7.38. The zero-order valence-electron chi connectivity index (χ0n) is 9.93. The van der Waals surface area contributed by atoms with Crippen molar-refractivity contribution in [1.29, 1.82) is 0 Å². The minimum atomic E-state index is -0.732. The van der Waals surface area contributed by atoms with E-state index in [0.717, 1.165) is 18.4 Å². The molecular formula is C13H17ClNO. The number of benzene rings is 1. The van der Waals surface area contributed by atoms with Crippen LogP contribution in [-0.4, -0.2) is 5.91 Å². The Morgan fingerprint density at radius 1 is 1.44 bits per heavy atom. The molecular weight excluding hydrogens is 222 g/mol. The van der Waals surface area contributed by atoms with Crippen molar-refractivity contribution in [3.63, 3.8) is 0 Å². The van der Waals surface area contributed by atoms with E-state index in [9.17, 15) is 4.79 Å². The normalized spacial score (nSPS) is 11.5. The van der Waals surface area contributed by atoms with E-state index in [0.29, 0.717) is 5.02 Å².